The second-order valence-electron chi connectivity index (χ2n) is 7.27. The molecule has 160 valence electrons. The number of carbonyl (C=O) groups excluding carboxylic acids is 2. The van der Waals surface area contributed by atoms with Crippen LogP contribution in [0.1, 0.15) is 17.3 Å². The molecule has 31 heavy (non-hydrogen) atoms. The molecule has 9 heteroatoms. The van der Waals surface area contributed by atoms with Crippen molar-refractivity contribution >= 4 is 38.4 Å². The molecule has 3 aromatic rings. The molecule has 1 saturated heterocycles. The van der Waals surface area contributed by atoms with E-state index in [0.29, 0.717) is 18.8 Å². The molecule has 0 spiro atoms. The van der Waals surface area contributed by atoms with Crippen LogP contribution in [-0.4, -0.2) is 60.6 Å². The van der Waals surface area contributed by atoms with Crippen molar-refractivity contribution in [3.63, 3.8) is 0 Å². The highest BCUT2D eigenvalue weighted by Crippen LogP contribution is 2.23. The summed E-state index contributed by atoms with van der Waals surface area (Å²) in [5.41, 5.74) is 1.59. The highest BCUT2D eigenvalue weighted by Gasteiger charge is 2.29. The molecule has 0 radical (unpaired) electrons. The molecular weight excluding hydrogens is 416 g/mol. The molecule has 2 aromatic carbocycles. The third-order valence-corrected chi connectivity index (χ3v) is 7.21. The molecule has 2 amide bonds. The Bertz CT molecular complexity index is 1250. The average molecular weight is 439 g/mol. The van der Waals surface area contributed by atoms with Gasteiger partial charge < -0.3 is 10.2 Å². The van der Waals surface area contributed by atoms with Crippen LogP contribution in [0.25, 0.3) is 10.9 Å². The monoisotopic (exact) mass is 438 g/mol. The number of hydrogen-bond donors (Lipinski definition) is 1. The average Bonchev–Trinajstić information content (AvgIpc) is 2.79. The maximum Gasteiger partial charge on any atom is 0.255 e. The zero-order valence-electron chi connectivity index (χ0n) is 17.0. The molecule has 0 saturated carbocycles. The van der Waals surface area contributed by atoms with Crippen LogP contribution in [0.2, 0.25) is 0 Å². The van der Waals surface area contributed by atoms with Gasteiger partial charge in [-0.25, -0.2) is 8.42 Å². The third-order valence-electron chi connectivity index (χ3n) is 5.31. The standard InChI is InChI=1S/C22H22N4O4S/c1-16(27)25-11-13-26(14-12-25)31(29,30)18-6-2-5-17(15-18)22(28)24-21-9-3-8-20-19(21)7-4-10-23-20/h2-10,15H,11-14H2,1H3,(H,24,28). The summed E-state index contributed by atoms with van der Waals surface area (Å²) in [7, 11) is -3.77. The molecule has 4 rings (SSSR count). The van der Waals surface area contributed by atoms with Crippen molar-refractivity contribution in [2.75, 3.05) is 31.5 Å². The largest absolute Gasteiger partial charge is 0.340 e. The molecule has 1 aromatic heterocycles. The number of rotatable bonds is 4. The van der Waals surface area contributed by atoms with Crippen LogP contribution in [0.3, 0.4) is 0 Å². The number of carbonyl (C=O) groups is 2. The van der Waals surface area contributed by atoms with E-state index in [-0.39, 0.29) is 29.5 Å². The van der Waals surface area contributed by atoms with E-state index >= 15 is 0 Å². The van der Waals surface area contributed by atoms with Crippen LogP contribution in [0.15, 0.2) is 65.7 Å². The summed E-state index contributed by atoms with van der Waals surface area (Å²) < 4.78 is 27.5. The predicted molar refractivity (Wildman–Crippen MR) is 117 cm³/mol. The number of pyridine rings is 1. The van der Waals surface area contributed by atoms with Crippen molar-refractivity contribution in [1.29, 1.82) is 0 Å². The van der Waals surface area contributed by atoms with E-state index in [2.05, 4.69) is 10.3 Å². The lowest BCUT2D eigenvalue weighted by atomic mass is 10.1. The van der Waals surface area contributed by atoms with E-state index in [4.69, 9.17) is 0 Å². The van der Waals surface area contributed by atoms with Gasteiger partial charge in [0, 0.05) is 50.2 Å². The van der Waals surface area contributed by atoms with Gasteiger partial charge in [0.15, 0.2) is 0 Å². The predicted octanol–water partition coefficient (Wildman–Crippen LogP) is 2.34. The maximum atomic E-state index is 13.1. The number of benzene rings is 2. The van der Waals surface area contributed by atoms with Crippen molar-refractivity contribution in [3.8, 4) is 0 Å². The summed E-state index contributed by atoms with van der Waals surface area (Å²) in [6.45, 7) is 2.62. The van der Waals surface area contributed by atoms with Crippen LogP contribution in [0, 0.1) is 0 Å². The Labute approximate surface area is 180 Å². The first-order valence-electron chi connectivity index (χ1n) is 9.87. The van der Waals surface area contributed by atoms with E-state index in [1.165, 1.54) is 23.4 Å². The normalized spacial score (nSPS) is 15.1. The van der Waals surface area contributed by atoms with Gasteiger partial charge in [-0.1, -0.05) is 12.1 Å². The van der Waals surface area contributed by atoms with Crippen LogP contribution in [0.4, 0.5) is 5.69 Å². The first-order chi connectivity index (χ1) is 14.9. The number of nitrogens with zero attached hydrogens (tertiary/aromatic N) is 3. The van der Waals surface area contributed by atoms with E-state index in [9.17, 15) is 18.0 Å². The second kappa shape index (κ2) is 8.44. The van der Waals surface area contributed by atoms with Gasteiger partial charge in [0.1, 0.15) is 0 Å². The summed E-state index contributed by atoms with van der Waals surface area (Å²) >= 11 is 0. The van der Waals surface area contributed by atoms with Gasteiger partial charge in [-0.2, -0.15) is 4.31 Å². The van der Waals surface area contributed by atoms with Gasteiger partial charge in [-0.3, -0.25) is 14.6 Å². The lowest BCUT2D eigenvalue weighted by Gasteiger charge is -2.33. The summed E-state index contributed by atoms with van der Waals surface area (Å²) in [4.78, 5) is 30.3. The van der Waals surface area contributed by atoms with E-state index < -0.39 is 15.9 Å². The number of amides is 2. The van der Waals surface area contributed by atoms with E-state index in [0.717, 1.165) is 10.9 Å². The Morgan fingerprint density at radius 2 is 1.71 bits per heavy atom. The number of aromatic nitrogens is 1. The molecule has 0 unspecified atom stereocenters. The van der Waals surface area contributed by atoms with Crippen molar-refractivity contribution in [2.45, 2.75) is 11.8 Å². The summed E-state index contributed by atoms with van der Waals surface area (Å²) in [5.74, 6) is -0.478. The van der Waals surface area contributed by atoms with Gasteiger partial charge in [0.2, 0.25) is 15.9 Å². The first-order valence-corrected chi connectivity index (χ1v) is 11.3. The zero-order chi connectivity index (χ0) is 22.0. The fraction of sp³-hybridized carbons (Fsp3) is 0.227. The Balaban J connectivity index is 1.55. The van der Waals surface area contributed by atoms with Crippen LogP contribution < -0.4 is 5.32 Å². The molecule has 0 bridgehead atoms. The van der Waals surface area contributed by atoms with Gasteiger partial charge in [-0.05, 0) is 42.5 Å². The minimum absolute atomic E-state index is 0.0519. The van der Waals surface area contributed by atoms with Crippen LogP contribution in [0.5, 0.6) is 0 Å². The molecule has 1 fully saturated rings. The minimum atomic E-state index is -3.77. The highest BCUT2D eigenvalue weighted by atomic mass is 32.2. The Kier molecular flexibility index (Phi) is 5.71. The fourth-order valence-electron chi connectivity index (χ4n) is 3.60. The fourth-order valence-corrected chi connectivity index (χ4v) is 5.07. The Hall–Kier alpha value is -3.30. The topological polar surface area (TPSA) is 99.7 Å². The Morgan fingerprint density at radius 1 is 0.968 bits per heavy atom. The number of hydrogen-bond acceptors (Lipinski definition) is 5. The van der Waals surface area contributed by atoms with Gasteiger partial charge in [0.25, 0.3) is 5.91 Å². The molecule has 0 aliphatic carbocycles. The van der Waals surface area contributed by atoms with Crippen molar-refractivity contribution in [1.82, 2.24) is 14.2 Å². The summed E-state index contributed by atoms with van der Waals surface area (Å²) in [6.07, 6.45) is 1.68. The molecular formula is C22H22N4O4S. The molecule has 8 nitrogen and oxygen atoms in total. The quantitative estimate of drug-likeness (QED) is 0.674. The summed E-state index contributed by atoms with van der Waals surface area (Å²) in [5, 5.41) is 3.64. The number of anilines is 1. The smallest absolute Gasteiger partial charge is 0.255 e. The third kappa shape index (κ3) is 4.28. The molecule has 1 N–H and O–H groups in total. The Morgan fingerprint density at radius 3 is 2.45 bits per heavy atom. The molecule has 0 atom stereocenters. The molecule has 2 heterocycles. The highest BCUT2D eigenvalue weighted by molar-refractivity contribution is 7.89. The number of fused-ring (bicyclic) bond motifs is 1. The minimum Gasteiger partial charge on any atom is -0.340 e. The molecule has 1 aliphatic rings. The number of piperazine rings is 1. The van der Waals surface area contributed by atoms with E-state index in [1.807, 2.05) is 12.1 Å². The van der Waals surface area contributed by atoms with Crippen molar-refractivity contribution < 1.29 is 18.0 Å². The summed E-state index contributed by atoms with van der Waals surface area (Å²) in [6, 6.07) is 15.1. The SMILES string of the molecule is CC(=O)N1CCN(S(=O)(=O)c2cccc(C(=O)Nc3cccc4ncccc34)c2)CC1. The molecule has 1 aliphatic heterocycles. The maximum absolute atomic E-state index is 13.1. The van der Waals surface area contributed by atoms with Gasteiger partial charge in [-0.15, -0.1) is 0 Å². The van der Waals surface area contributed by atoms with Crippen LogP contribution in [-0.2, 0) is 14.8 Å². The van der Waals surface area contributed by atoms with Crippen molar-refractivity contribution in [2.24, 2.45) is 0 Å². The second-order valence-corrected chi connectivity index (χ2v) is 9.21. The number of sulfonamides is 1. The first kappa shape index (κ1) is 21.0. The lowest BCUT2D eigenvalue weighted by molar-refractivity contribution is -0.129. The van der Waals surface area contributed by atoms with E-state index in [1.54, 1.807) is 41.4 Å². The van der Waals surface area contributed by atoms with Crippen LogP contribution >= 0.6 is 0 Å². The van der Waals surface area contributed by atoms with Gasteiger partial charge in [0.05, 0.1) is 16.1 Å². The van der Waals surface area contributed by atoms with Crippen molar-refractivity contribution in [3.05, 3.63) is 66.4 Å². The van der Waals surface area contributed by atoms with Gasteiger partial charge >= 0.3 is 0 Å². The lowest BCUT2D eigenvalue weighted by Crippen LogP contribution is -2.49. The zero-order valence-corrected chi connectivity index (χ0v) is 17.8. The number of nitrogens with one attached hydrogen (secondary N) is 1.